The summed E-state index contributed by atoms with van der Waals surface area (Å²) in [4.78, 5) is 12.1. The van der Waals surface area contributed by atoms with Crippen LogP contribution in [0.25, 0.3) is 0 Å². The maximum absolute atomic E-state index is 12.1. The highest BCUT2D eigenvalue weighted by Gasteiger charge is 2.30. The molecule has 1 aliphatic heterocycles. The van der Waals surface area contributed by atoms with Crippen molar-refractivity contribution in [3.8, 4) is 11.8 Å². The minimum Gasteiger partial charge on any atom is -0.373 e. The van der Waals surface area contributed by atoms with E-state index in [1.807, 2.05) is 6.92 Å². The van der Waals surface area contributed by atoms with E-state index in [4.69, 9.17) is 22.1 Å². The van der Waals surface area contributed by atoms with Gasteiger partial charge in [0.05, 0.1) is 17.2 Å². The van der Waals surface area contributed by atoms with Crippen LogP contribution in [0.1, 0.15) is 35.7 Å². The largest absolute Gasteiger partial charge is 0.373 e. The minimum absolute atomic E-state index is 0.160. The van der Waals surface area contributed by atoms with E-state index in [1.165, 1.54) is 0 Å². The standard InChI is InChI=1S/C16H19ClN2O2/c1-16(7-3-9-21-16)11-19-15(20)13-6-5-12(4-2-8-18)14(17)10-13/h5-6,10H,3,7-9,11,18H2,1H3,(H,19,20). The maximum atomic E-state index is 12.1. The fraction of sp³-hybridized carbons (Fsp3) is 0.438. The van der Waals surface area contributed by atoms with E-state index in [0.717, 1.165) is 19.4 Å². The molecule has 0 aromatic heterocycles. The Kier molecular flexibility index (Phi) is 5.24. The number of carbonyl (C=O) groups excluding carboxylic acids is 1. The zero-order valence-corrected chi connectivity index (χ0v) is 12.8. The van der Waals surface area contributed by atoms with Gasteiger partial charge in [-0.25, -0.2) is 0 Å². The Labute approximate surface area is 130 Å². The summed E-state index contributed by atoms with van der Waals surface area (Å²) in [6.07, 6.45) is 1.99. The van der Waals surface area contributed by atoms with E-state index in [9.17, 15) is 4.79 Å². The summed E-state index contributed by atoms with van der Waals surface area (Å²) in [5.41, 5.74) is 6.25. The first kappa shape index (κ1) is 15.8. The molecule has 3 N–H and O–H groups in total. The van der Waals surface area contributed by atoms with Gasteiger partial charge in [-0.1, -0.05) is 23.4 Å². The highest BCUT2D eigenvalue weighted by atomic mass is 35.5. The molecule has 1 aliphatic rings. The Morgan fingerprint density at radius 2 is 2.38 bits per heavy atom. The van der Waals surface area contributed by atoms with E-state index in [0.29, 0.717) is 22.7 Å². The molecule has 1 fully saturated rings. The quantitative estimate of drug-likeness (QED) is 0.839. The van der Waals surface area contributed by atoms with Crippen molar-refractivity contribution < 1.29 is 9.53 Å². The zero-order chi connectivity index (χ0) is 15.3. The lowest BCUT2D eigenvalue weighted by Gasteiger charge is -2.23. The molecule has 1 aromatic rings. The summed E-state index contributed by atoms with van der Waals surface area (Å²) in [5, 5.41) is 3.34. The van der Waals surface area contributed by atoms with Gasteiger partial charge in [0.15, 0.2) is 0 Å². The lowest BCUT2D eigenvalue weighted by atomic mass is 10.0. The van der Waals surface area contributed by atoms with Crippen molar-refractivity contribution in [3.63, 3.8) is 0 Å². The molecule has 4 nitrogen and oxygen atoms in total. The van der Waals surface area contributed by atoms with Gasteiger partial charge in [0.1, 0.15) is 0 Å². The lowest BCUT2D eigenvalue weighted by molar-refractivity contribution is 0.0206. The average Bonchev–Trinajstić information content (AvgIpc) is 2.91. The van der Waals surface area contributed by atoms with Crippen molar-refractivity contribution in [2.45, 2.75) is 25.4 Å². The van der Waals surface area contributed by atoms with Gasteiger partial charge in [0.25, 0.3) is 5.91 Å². The maximum Gasteiger partial charge on any atom is 0.251 e. The number of nitrogens with one attached hydrogen (secondary N) is 1. The predicted octanol–water partition coefficient (Wildman–Crippen LogP) is 1.95. The molecule has 1 saturated heterocycles. The number of ether oxygens (including phenoxy) is 1. The van der Waals surface area contributed by atoms with Gasteiger partial charge in [-0.2, -0.15) is 0 Å². The lowest BCUT2D eigenvalue weighted by Crippen LogP contribution is -2.40. The molecule has 5 heteroatoms. The SMILES string of the molecule is CC1(CNC(=O)c2ccc(C#CCN)c(Cl)c2)CCCO1. The molecule has 1 atom stereocenters. The number of nitrogens with two attached hydrogens (primary N) is 1. The van der Waals surface area contributed by atoms with Gasteiger partial charge in [-0.3, -0.25) is 4.79 Å². The van der Waals surface area contributed by atoms with Gasteiger partial charge in [0, 0.05) is 24.3 Å². The second-order valence-electron chi connectivity index (χ2n) is 5.29. The van der Waals surface area contributed by atoms with Crippen LogP contribution in [0.4, 0.5) is 0 Å². The normalized spacial score (nSPS) is 20.7. The van der Waals surface area contributed by atoms with Crippen LogP contribution in [0.2, 0.25) is 5.02 Å². The average molecular weight is 307 g/mol. The molecule has 0 saturated carbocycles. The van der Waals surface area contributed by atoms with E-state index in [-0.39, 0.29) is 18.1 Å². The van der Waals surface area contributed by atoms with Gasteiger partial charge >= 0.3 is 0 Å². The first-order valence-corrected chi connectivity index (χ1v) is 7.32. The number of amides is 1. The third-order valence-corrected chi connectivity index (χ3v) is 3.79. The Balaban J connectivity index is 2.01. The Hall–Kier alpha value is -1.54. The Morgan fingerprint density at radius 1 is 1.57 bits per heavy atom. The molecular weight excluding hydrogens is 288 g/mol. The number of rotatable bonds is 3. The van der Waals surface area contributed by atoms with Crippen LogP contribution >= 0.6 is 11.6 Å². The smallest absolute Gasteiger partial charge is 0.251 e. The second kappa shape index (κ2) is 6.95. The molecule has 2 rings (SSSR count). The monoisotopic (exact) mass is 306 g/mol. The van der Waals surface area contributed by atoms with Crippen molar-refractivity contribution in [1.29, 1.82) is 0 Å². The molecule has 1 unspecified atom stereocenters. The van der Waals surface area contributed by atoms with Crippen LogP contribution in [0.15, 0.2) is 18.2 Å². The molecule has 0 aliphatic carbocycles. The minimum atomic E-state index is -0.258. The zero-order valence-electron chi connectivity index (χ0n) is 12.0. The summed E-state index contributed by atoms with van der Waals surface area (Å²) in [5.74, 6) is 5.44. The summed E-state index contributed by atoms with van der Waals surface area (Å²) in [6.45, 7) is 3.54. The van der Waals surface area contributed by atoms with Crippen LogP contribution in [-0.2, 0) is 4.74 Å². The van der Waals surface area contributed by atoms with Crippen molar-refractivity contribution in [2.75, 3.05) is 19.7 Å². The highest BCUT2D eigenvalue weighted by Crippen LogP contribution is 2.24. The molecule has 1 aromatic carbocycles. The van der Waals surface area contributed by atoms with Crippen molar-refractivity contribution in [2.24, 2.45) is 5.73 Å². The van der Waals surface area contributed by atoms with E-state index in [2.05, 4.69) is 17.2 Å². The Morgan fingerprint density at radius 3 is 3.00 bits per heavy atom. The van der Waals surface area contributed by atoms with Crippen LogP contribution in [0.3, 0.4) is 0 Å². The number of benzene rings is 1. The van der Waals surface area contributed by atoms with Crippen LogP contribution in [-0.4, -0.2) is 31.2 Å². The predicted molar refractivity (Wildman–Crippen MR) is 83.3 cm³/mol. The molecule has 1 amide bonds. The van der Waals surface area contributed by atoms with Gasteiger partial charge < -0.3 is 15.8 Å². The highest BCUT2D eigenvalue weighted by molar-refractivity contribution is 6.32. The molecule has 0 bridgehead atoms. The molecule has 21 heavy (non-hydrogen) atoms. The van der Waals surface area contributed by atoms with E-state index < -0.39 is 0 Å². The fourth-order valence-electron chi connectivity index (χ4n) is 2.25. The molecule has 0 radical (unpaired) electrons. The van der Waals surface area contributed by atoms with Crippen LogP contribution in [0, 0.1) is 11.8 Å². The third-order valence-electron chi connectivity index (χ3n) is 3.48. The summed E-state index contributed by atoms with van der Waals surface area (Å²) < 4.78 is 5.64. The Bertz CT molecular complexity index is 584. The number of hydrogen-bond donors (Lipinski definition) is 2. The van der Waals surface area contributed by atoms with Gasteiger partial charge in [-0.05, 0) is 38.0 Å². The number of hydrogen-bond acceptors (Lipinski definition) is 3. The topological polar surface area (TPSA) is 64.4 Å². The van der Waals surface area contributed by atoms with Gasteiger partial charge in [0.2, 0.25) is 0 Å². The first-order chi connectivity index (χ1) is 10.0. The van der Waals surface area contributed by atoms with Gasteiger partial charge in [-0.15, -0.1) is 0 Å². The molecule has 1 heterocycles. The number of halogens is 1. The molecule has 0 spiro atoms. The summed E-state index contributed by atoms with van der Waals surface area (Å²) in [7, 11) is 0. The van der Waals surface area contributed by atoms with E-state index in [1.54, 1.807) is 18.2 Å². The number of carbonyl (C=O) groups is 1. The van der Waals surface area contributed by atoms with Crippen LogP contribution in [0.5, 0.6) is 0 Å². The van der Waals surface area contributed by atoms with Crippen molar-refractivity contribution in [3.05, 3.63) is 34.3 Å². The molecular formula is C16H19ClN2O2. The van der Waals surface area contributed by atoms with Crippen molar-refractivity contribution >= 4 is 17.5 Å². The van der Waals surface area contributed by atoms with Crippen molar-refractivity contribution in [1.82, 2.24) is 5.32 Å². The summed E-state index contributed by atoms with van der Waals surface area (Å²) >= 11 is 6.12. The van der Waals surface area contributed by atoms with Crippen LogP contribution < -0.4 is 11.1 Å². The second-order valence-corrected chi connectivity index (χ2v) is 5.69. The third kappa shape index (κ3) is 4.21. The first-order valence-electron chi connectivity index (χ1n) is 6.95. The molecule has 112 valence electrons. The summed E-state index contributed by atoms with van der Waals surface area (Å²) in [6, 6.07) is 5.06. The fourth-order valence-corrected chi connectivity index (χ4v) is 2.48. The van der Waals surface area contributed by atoms with E-state index >= 15 is 0 Å².